The topological polar surface area (TPSA) is 179 Å². The lowest BCUT2D eigenvalue weighted by atomic mass is 9.97. The highest BCUT2D eigenvalue weighted by atomic mass is 35.5. The maximum atomic E-state index is 15.0. The van der Waals surface area contributed by atoms with Crippen molar-refractivity contribution in [2.75, 3.05) is 19.5 Å². The van der Waals surface area contributed by atoms with Gasteiger partial charge in [0, 0.05) is 49.5 Å². The minimum atomic E-state index is -2.10. The van der Waals surface area contributed by atoms with Crippen LogP contribution in [0.15, 0.2) is 60.8 Å². The first-order valence-corrected chi connectivity index (χ1v) is 19.8. The van der Waals surface area contributed by atoms with Crippen molar-refractivity contribution in [3.63, 3.8) is 0 Å². The fourth-order valence-corrected chi connectivity index (χ4v) is 7.09. The molecular formula is C42H45ClF4N6O7. The fraction of sp³-hybridized carbons (Fsp3) is 0.381. The molecule has 2 heterocycles. The van der Waals surface area contributed by atoms with Crippen molar-refractivity contribution in [1.82, 2.24) is 31.2 Å². The molecule has 320 valence electrons. The van der Waals surface area contributed by atoms with Gasteiger partial charge in [-0.1, -0.05) is 48.0 Å². The Hall–Kier alpha value is -5.97. The van der Waals surface area contributed by atoms with Crippen LogP contribution in [0.1, 0.15) is 54.4 Å². The molecule has 0 spiro atoms. The molecule has 1 aliphatic heterocycles. The number of methoxy groups -OCH3 is 1. The van der Waals surface area contributed by atoms with E-state index >= 15 is 4.39 Å². The zero-order chi connectivity index (χ0) is 43.5. The number of carbonyl (C=O) groups is 6. The average molecular weight is 857 g/mol. The Kier molecular flexibility index (Phi) is 15.7. The van der Waals surface area contributed by atoms with Crippen LogP contribution in [0.2, 0.25) is 0 Å². The van der Waals surface area contributed by atoms with Crippen molar-refractivity contribution in [2.24, 2.45) is 0 Å². The van der Waals surface area contributed by atoms with E-state index in [4.69, 9.17) is 11.6 Å². The number of rotatable bonds is 17. The number of aromatic amines is 1. The quantitative estimate of drug-likeness (QED) is 0.0348. The molecule has 3 aromatic carbocycles. The molecule has 1 fully saturated rings. The number of hydrogen-bond donors (Lipinski definition) is 5. The second-order valence-electron chi connectivity index (χ2n) is 14.5. The van der Waals surface area contributed by atoms with E-state index in [0.29, 0.717) is 40.9 Å². The number of aromatic nitrogens is 1. The van der Waals surface area contributed by atoms with E-state index in [-0.39, 0.29) is 38.8 Å². The Balaban J connectivity index is 1.45. The number of aryl methyl sites for hydroxylation is 1. The van der Waals surface area contributed by atoms with E-state index < -0.39 is 101 Å². The summed E-state index contributed by atoms with van der Waals surface area (Å²) in [5.41, 5.74) is 2.16. The van der Waals surface area contributed by atoms with Crippen molar-refractivity contribution in [2.45, 2.75) is 82.6 Å². The molecule has 1 aromatic heterocycles. The summed E-state index contributed by atoms with van der Waals surface area (Å²) < 4.78 is 62.3. The van der Waals surface area contributed by atoms with Crippen LogP contribution in [0.25, 0.3) is 10.9 Å². The predicted molar refractivity (Wildman–Crippen MR) is 212 cm³/mol. The molecule has 0 saturated carbocycles. The van der Waals surface area contributed by atoms with Crippen molar-refractivity contribution >= 4 is 58.0 Å². The highest BCUT2D eigenvalue weighted by Gasteiger charge is 2.38. The van der Waals surface area contributed by atoms with Gasteiger partial charge in [0.05, 0.1) is 7.11 Å². The van der Waals surface area contributed by atoms with E-state index in [0.717, 1.165) is 5.56 Å². The molecule has 4 atom stereocenters. The van der Waals surface area contributed by atoms with Gasteiger partial charge in [0.2, 0.25) is 29.5 Å². The van der Waals surface area contributed by atoms with Crippen LogP contribution in [-0.2, 0) is 52.9 Å². The maximum absolute atomic E-state index is 15.0. The molecule has 13 nitrogen and oxygen atoms in total. The molecule has 0 aliphatic carbocycles. The summed E-state index contributed by atoms with van der Waals surface area (Å²) >= 11 is 5.69. The molecule has 0 radical (unpaired) electrons. The van der Waals surface area contributed by atoms with Gasteiger partial charge < -0.3 is 35.9 Å². The van der Waals surface area contributed by atoms with Gasteiger partial charge in [0.1, 0.15) is 30.0 Å². The zero-order valence-electron chi connectivity index (χ0n) is 32.8. The van der Waals surface area contributed by atoms with Crippen LogP contribution in [-0.4, -0.2) is 89.1 Å². The number of benzene rings is 3. The number of nitrogens with zero attached hydrogens (tertiary/aromatic N) is 1. The number of carbonyl (C=O) groups excluding carboxylic acids is 6. The Bertz CT molecular complexity index is 2220. The summed E-state index contributed by atoms with van der Waals surface area (Å²) in [5, 5.41) is 11.1. The number of halogens is 5. The lowest BCUT2D eigenvalue weighted by Crippen LogP contribution is -2.61. The highest BCUT2D eigenvalue weighted by Crippen LogP contribution is 2.24. The number of ether oxygens (including phenoxy) is 1. The van der Waals surface area contributed by atoms with Crippen LogP contribution in [0.4, 0.5) is 17.6 Å². The first kappa shape index (κ1) is 45.1. The van der Waals surface area contributed by atoms with Crippen LogP contribution in [0.3, 0.4) is 0 Å². The highest BCUT2D eigenvalue weighted by molar-refractivity contribution is 6.27. The number of likely N-dealkylation sites (tertiary alicyclic amines) is 1. The summed E-state index contributed by atoms with van der Waals surface area (Å²) in [6.45, 7) is 1.92. The summed E-state index contributed by atoms with van der Waals surface area (Å²) in [6.07, 6.45) is 1.45. The molecular weight excluding hydrogens is 812 g/mol. The molecule has 18 heteroatoms. The van der Waals surface area contributed by atoms with E-state index in [1.807, 2.05) is 6.92 Å². The Labute approximate surface area is 347 Å². The van der Waals surface area contributed by atoms with Gasteiger partial charge in [-0.15, -0.1) is 11.6 Å². The molecule has 5 N–H and O–H groups in total. The third-order valence-corrected chi connectivity index (χ3v) is 10.5. The molecule has 1 saturated heterocycles. The SMILES string of the molecule is COC(=O)CC[C@H](NC(=O)CCl)C(=O)N1CCCC[C@H]1C(=O)N[C@@H](Cc1c[nH]c2ccccc12)C(=O)N[C@@H](Cc1cc(F)c(F)c(F)c1F)C(=O)NCc1ccc(C)cc1. The lowest BCUT2D eigenvalue weighted by molar-refractivity contribution is -0.146. The third-order valence-electron chi connectivity index (χ3n) is 10.3. The van der Waals surface area contributed by atoms with Crippen molar-refractivity contribution < 1.29 is 51.1 Å². The standard InChI is InChI=1S/C42H45ClF4N6O7/c1-23-10-12-24(13-11-23)21-49-39(56)31(18-25-17-28(44)37(46)38(47)36(25)45)51-40(57)32(19-26-22-48-29-8-4-3-7-27(26)29)52-41(58)33-9-5-6-16-53(33)42(59)30(50-34(54)20-43)14-15-35(55)60-2/h3-4,7-8,10-13,17,22,30-33,48H,5-6,9,14-16,18-21H2,1-2H3,(H,49,56)(H,50,54)(H,51,57)(H,52,58)/t30-,31-,32-,33-/m0/s1. The predicted octanol–water partition coefficient (Wildman–Crippen LogP) is 4.16. The van der Waals surface area contributed by atoms with E-state index in [2.05, 4.69) is 31.0 Å². The molecule has 5 rings (SSSR count). The van der Waals surface area contributed by atoms with E-state index in [9.17, 15) is 41.9 Å². The molecule has 4 aromatic rings. The molecule has 0 bridgehead atoms. The number of fused-ring (bicyclic) bond motifs is 1. The average Bonchev–Trinajstić information content (AvgIpc) is 3.67. The maximum Gasteiger partial charge on any atom is 0.305 e. The van der Waals surface area contributed by atoms with E-state index in [1.54, 1.807) is 54.7 Å². The van der Waals surface area contributed by atoms with Gasteiger partial charge in [-0.25, -0.2) is 17.6 Å². The second kappa shape index (κ2) is 20.8. The van der Waals surface area contributed by atoms with Crippen molar-refractivity contribution in [3.05, 3.63) is 106 Å². The number of piperidine rings is 1. The summed E-state index contributed by atoms with van der Waals surface area (Å²) in [7, 11) is 1.17. The first-order valence-electron chi connectivity index (χ1n) is 19.2. The van der Waals surface area contributed by atoms with Crippen LogP contribution in [0, 0.1) is 30.2 Å². The summed E-state index contributed by atoms with van der Waals surface area (Å²) in [5.74, 6) is -12.7. The number of nitrogens with one attached hydrogen (secondary N) is 5. The van der Waals surface area contributed by atoms with Crippen LogP contribution >= 0.6 is 11.6 Å². The number of amides is 5. The van der Waals surface area contributed by atoms with Gasteiger partial charge in [0.25, 0.3) is 0 Å². The largest absolute Gasteiger partial charge is 0.469 e. The minimum absolute atomic E-state index is 0.0485. The third kappa shape index (κ3) is 11.4. The number of hydrogen-bond acceptors (Lipinski definition) is 7. The van der Waals surface area contributed by atoms with Gasteiger partial charge in [-0.05, 0) is 61.4 Å². The molecule has 5 amide bonds. The fourth-order valence-electron chi connectivity index (χ4n) is 7.01. The van der Waals surface area contributed by atoms with Gasteiger partial charge >= 0.3 is 5.97 Å². The zero-order valence-corrected chi connectivity index (χ0v) is 33.6. The van der Waals surface area contributed by atoms with Crippen molar-refractivity contribution in [1.29, 1.82) is 0 Å². The number of para-hydroxylation sites is 1. The van der Waals surface area contributed by atoms with Crippen LogP contribution in [0.5, 0.6) is 0 Å². The number of esters is 1. The number of H-pyrrole nitrogens is 1. The smallest absolute Gasteiger partial charge is 0.305 e. The minimum Gasteiger partial charge on any atom is -0.469 e. The van der Waals surface area contributed by atoms with Crippen molar-refractivity contribution in [3.8, 4) is 0 Å². The molecule has 0 unspecified atom stereocenters. The molecule has 60 heavy (non-hydrogen) atoms. The Morgan fingerprint density at radius 2 is 1.55 bits per heavy atom. The van der Waals surface area contributed by atoms with Gasteiger partial charge in [-0.2, -0.15) is 0 Å². The summed E-state index contributed by atoms with van der Waals surface area (Å²) in [4.78, 5) is 84.9. The monoisotopic (exact) mass is 856 g/mol. The Morgan fingerprint density at radius 1 is 0.850 bits per heavy atom. The number of alkyl halides is 1. The Morgan fingerprint density at radius 3 is 2.27 bits per heavy atom. The lowest BCUT2D eigenvalue weighted by Gasteiger charge is -2.37. The summed E-state index contributed by atoms with van der Waals surface area (Å²) in [6, 6.07) is 9.08. The van der Waals surface area contributed by atoms with Gasteiger partial charge in [0.15, 0.2) is 23.3 Å². The van der Waals surface area contributed by atoms with Gasteiger partial charge in [-0.3, -0.25) is 28.8 Å². The molecule has 1 aliphatic rings. The van der Waals surface area contributed by atoms with E-state index in [1.165, 1.54) is 12.0 Å². The normalized spacial score (nSPS) is 15.4. The second-order valence-corrected chi connectivity index (χ2v) is 14.7. The first-order chi connectivity index (χ1) is 28.7. The van der Waals surface area contributed by atoms with Crippen LogP contribution < -0.4 is 21.3 Å².